The molecule has 0 bridgehead atoms. The van der Waals surface area contributed by atoms with Gasteiger partial charge in [-0.3, -0.25) is 4.90 Å². The zero-order chi connectivity index (χ0) is 11.8. The maximum Gasteiger partial charge on any atom is 0.0587 e. The molecule has 16 heavy (non-hydrogen) atoms. The van der Waals surface area contributed by atoms with Gasteiger partial charge in [-0.15, -0.1) is 0 Å². The third kappa shape index (κ3) is 4.81. The maximum absolute atomic E-state index is 5.02. The van der Waals surface area contributed by atoms with Crippen LogP contribution in [0.25, 0.3) is 0 Å². The number of nitrogens with one attached hydrogen (secondary N) is 1. The van der Waals surface area contributed by atoms with Crippen LogP contribution in [-0.2, 0) is 4.74 Å². The highest BCUT2D eigenvalue weighted by Crippen LogP contribution is 2.22. The van der Waals surface area contributed by atoms with Crippen molar-refractivity contribution in [2.24, 2.45) is 5.92 Å². The quantitative estimate of drug-likeness (QED) is 0.640. The number of ether oxygens (including phenoxy) is 1. The zero-order valence-corrected chi connectivity index (χ0v) is 11.2. The molecule has 1 aliphatic rings. The molecule has 1 rings (SSSR count). The Bertz CT molecular complexity index is 175. The van der Waals surface area contributed by atoms with E-state index in [9.17, 15) is 0 Å². The van der Waals surface area contributed by atoms with E-state index in [1.807, 2.05) is 0 Å². The molecule has 3 heteroatoms. The standard InChI is InChI=1S/C13H28N2O/c1-4-5-13-6-8-15(11-13)12(2)10-14-7-9-16-3/h12-14H,4-11H2,1-3H3. The molecule has 3 nitrogen and oxygen atoms in total. The fourth-order valence-corrected chi connectivity index (χ4v) is 2.52. The van der Waals surface area contributed by atoms with Gasteiger partial charge in [-0.2, -0.15) is 0 Å². The van der Waals surface area contributed by atoms with Crippen molar-refractivity contribution in [3.63, 3.8) is 0 Å². The SMILES string of the molecule is CCCC1CCN(C(C)CNCCOC)C1. The maximum atomic E-state index is 5.02. The van der Waals surface area contributed by atoms with E-state index in [-0.39, 0.29) is 0 Å². The number of hydrogen-bond acceptors (Lipinski definition) is 3. The molecule has 1 fully saturated rings. The Morgan fingerprint density at radius 1 is 1.50 bits per heavy atom. The van der Waals surface area contributed by atoms with Gasteiger partial charge in [-0.25, -0.2) is 0 Å². The average molecular weight is 228 g/mol. The lowest BCUT2D eigenvalue weighted by Crippen LogP contribution is -2.39. The van der Waals surface area contributed by atoms with E-state index in [0.29, 0.717) is 6.04 Å². The highest BCUT2D eigenvalue weighted by atomic mass is 16.5. The highest BCUT2D eigenvalue weighted by Gasteiger charge is 2.24. The second-order valence-electron chi connectivity index (χ2n) is 4.98. The van der Waals surface area contributed by atoms with Gasteiger partial charge in [0.2, 0.25) is 0 Å². The fourth-order valence-electron chi connectivity index (χ4n) is 2.52. The number of rotatable bonds is 8. The van der Waals surface area contributed by atoms with Gasteiger partial charge in [-0.05, 0) is 32.2 Å². The van der Waals surface area contributed by atoms with Crippen LogP contribution < -0.4 is 5.32 Å². The molecule has 0 aromatic heterocycles. The van der Waals surface area contributed by atoms with Crippen molar-refractivity contribution in [1.29, 1.82) is 0 Å². The van der Waals surface area contributed by atoms with Crippen LogP contribution in [0.1, 0.15) is 33.1 Å². The monoisotopic (exact) mass is 228 g/mol. The van der Waals surface area contributed by atoms with Crippen molar-refractivity contribution >= 4 is 0 Å². The first-order valence-corrected chi connectivity index (χ1v) is 6.71. The van der Waals surface area contributed by atoms with Gasteiger partial charge >= 0.3 is 0 Å². The first-order chi connectivity index (χ1) is 7.77. The summed E-state index contributed by atoms with van der Waals surface area (Å²) in [5.41, 5.74) is 0. The molecular weight excluding hydrogens is 200 g/mol. The molecular formula is C13H28N2O. The van der Waals surface area contributed by atoms with Crippen LogP contribution in [0, 0.1) is 5.92 Å². The Labute approximate surface area is 101 Å². The first-order valence-electron chi connectivity index (χ1n) is 6.71. The predicted molar refractivity (Wildman–Crippen MR) is 68.8 cm³/mol. The van der Waals surface area contributed by atoms with Crippen LogP contribution in [0.4, 0.5) is 0 Å². The van der Waals surface area contributed by atoms with E-state index in [2.05, 4.69) is 24.1 Å². The summed E-state index contributed by atoms with van der Waals surface area (Å²) in [4.78, 5) is 2.63. The summed E-state index contributed by atoms with van der Waals surface area (Å²) in [6.07, 6.45) is 4.13. The lowest BCUT2D eigenvalue weighted by atomic mass is 10.0. The Hall–Kier alpha value is -0.120. The zero-order valence-electron chi connectivity index (χ0n) is 11.2. The molecule has 1 heterocycles. The molecule has 0 radical (unpaired) electrons. The summed E-state index contributed by atoms with van der Waals surface area (Å²) in [7, 11) is 1.75. The normalized spacial score (nSPS) is 23.8. The molecule has 1 saturated heterocycles. The van der Waals surface area contributed by atoms with Gasteiger partial charge in [0.15, 0.2) is 0 Å². The Morgan fingerprint density at radius 2 is 2.31 bits per heavy atom. The summed E-state index contributed by atoms with van der Waals surface area (Å²) >= 11 is 0. The van der Waals surface area contributed by atoms with Crippen molar-refractivity contribution in [3.8, 4) is 0 Å². The van der Waals surface area contributed by atoms with E-state index in [4.69, 9.17) is 4.74 Å². The van der Waals surface area contributed by atoms with Gasteiger partial charge in [0, 0.05) is 32.8 Å². The number of likely N-dealkylation sites (tertiary alicyclic amines) is 1. The van der Waals surface area contributed by atoms with Crippen molar-refractivity contribution in [3.05, 3.63) is 0 Å². The van der Waals surface area contributed by atoms with E-state index in [1.54, 1.807) is 7.11 Å². The molecule has 0 aromatic rings. The molecule has 0 aromatic carbocycles. The summed E-state index contributed by atoms with van der Waals surface area (Å²) in [5, 5.41) is 3.44. The molecule has 0 saturated carbocycles. The van der Waals surface area contributed by atoms with Crippen LogP contribution >= 0.6 is 0 Å². The van der Waals surface area contributed by atoms with Gasteiger partial charge in [0.25, 0.3) is 0 Å². The Morgan fingerprint density at radius 3 is 3.00 bits per heavy atom. The predicted octanol–water partition coefficient (Wildman–Crippen LogP) is 1.73. The fraction of sp³-hybridized carbons (Fsp3) is 1.00. The third-order valence-electron chi connectivity index (χ3n) is 3.56. The van der Waals surface area contributed by atoms with E-state index < -0.39 is 0 Å². The smallest absolute Gasteiger partial charge is 0.0587 e. The minimum atomic E-state index is 0.665. The van der Waals surface area contributed by atoms with E-state index >= 15 is 0 Å². The van der Waals surface area contributed by atoms with Crippen molar-refractivity contribution < 1.29 is 4.74 Å². The summed E-state index contributed by atoms with van der Waals surface area (Å²) in [6, 6.07) is 0.665. The average Bonchev–Trinajstić information content (AvgIpc) is 2.73. The highest BCUT2D eigenvalue weighted by molar-refractivity contribution is 4.80. The molecule has 1 aliphatic heterocycles. The largest absolute Gasteiger partial charge is 0.383 e. The summed E-state index contributed by atoms with van der Waals surface area (Å²) in [6.45, 7) is 10.1. The van der Waals surface area contributed by atoms with Crippen LogP contribution in [0.15, 0.2) is 0 Å². The van der Waals surface area contributed by atoms with Crippen molar-refractivity contribution in [2.75, 3.05) is 39.9 Å². The molecule has 1 N–H and O–H groups in total. The lowest BCUT2D eigenvalue weighted by Gasteiger charge is -2.24. The van der Waals surface area contributed by atoms with Crippen molar-refractivity contribution in [1.82, 2.24) is 10.2 Å². The van der Waals surface area contributed by atoms with Crippen LogP contribution in [0.5, 0.6) is 0 Å². The summed E-state index contributed by atoms with van der Waals surface area (Å²) < 4.78 is 5.02. The molecule has 0 spiro atoms. The second kappa shape index (κ2) is 8.04. The van der Waals surface area contributed by atoms with Gasteiger partial charge < -0.3 is 10.1 Å². The van der Waals surface area contributed by atoms with Crippen molar-refractivity contribution in [2.45, 2.75) is 39.2 Å². The minimum absolute atomic E-state index is 0.665. The molecule has 2 unspecified atom stereocenters. The molecule has 96 valence electrons. The Balaban J connectivity index is 2.10. The molecule has 0 aliphatic carbocycles. The summed E-state index contributed by atoms with van der Waals surface area (Å²) in [5.74, 6) is 0.950. The van der Waals surface area contributed by atoms with Gasteiger partial charge in [-0.1, -0.05) is 13.3 Å². The van der Waals surface area contributed by atoms with Crippen LogP contribution in [-0.4, -0.2) is 50.8 Å². The number of hydrogen-bond donors (Lipinski definition) is 1. The lowest BCUT2D eigenvalue weighted by molar-refractivity contribution is 0.191. The third-order valence-corrected chi connectivity index (χ3v) is 3.56. The molecule has 0 amide bonds. The second-order valence-corrected chi connectivity index (χ2v) is 4.98. The van der Waals surface area contributed by atoms with Gasteiger partial charge in [0.1, 0.15) is 0 Å². The first kappa shape index (κ1) is 13.9. The van der Waals surface area contributed by atoms with E-state index in [1.165, 1.54) is 32.4 Å². The topological polar surface area (TPSA) is 24.5 Å². The number of methoxy groups -OCH3 is 1. The van der Waals surface area contributed by atoms with Crippen LogP contribution in [0.2, 0.25) is 0 Å². The van der Waals surface area contributed by atoms with E-state index in [0.717, 1.165) is 25.6 Å². The van der Waals surface area contributed by atoms with Crippen LogP contribution in [0.3, 0.4) is 0 Å². The number of nitrogens with zero attached hydrogens (tertiary/aromatic N) is 1. The Kier molecular flexibility index (Phi) is 7.01. The minimum Gasteiger partial charge on any atom is -0.383 e. The van der Waals surface area contributed by atoms with Gasteiger partial charge in [0.05, 0.1) is 6.61 Å². The molecule has 2 atom stereocenters.